The van der Waals surface area contributed by atoms with E-state index in [9.17, 15) is 13.2 Å². The summed E-state index contributed by atoms with van der Waals surface area (Å²) >= 11 is 5.76. The molecule has 1 aliphatic heterocycles. The van der Waals surface area contributed by atoms with E-state index in [1.807, 2.05) is 4.90 Å². The molecule has 1 aliphatic rings. The predicted octanol–water partition coefficient (Wildman–Crippen LogP) is 3.94. The summed E-state index contributed by atoms with van der Waals surface area (Å²) in [6.07, 6.45) is 0.794. The van der Waals surface area contributed by atoms with Crippen LogP contribution in [-0.4, -0.2) is 42.1 Å². The summed E-state index contributed by atoms with van der Waals surface area (Å²) in [5.41, 5.74) is 5.04. The number of alkyl halides is 3. The third-order valence-corrected chi connectivity index (χ3v) is 3.94. The Morgan fingerprint density at radius 2 is 1.92 bits per heavy atom. The van der Waals surface area contributed by atoms with Crippen LogP contribution in [0.15, 0.2) is 17.3 Å². The van der Waals surface area contributed by atoms with Crippen LogP contribution in [0.3, 0.4) is 0 Å². The van der Waals surface area contributed by atoms with Gasteiger partial charge in [0, 0.05) is 19.3 Å². The van der Waals surface area contributed by atoms with E-state index in [4.69, 9.17) is 22.1 Å². The van der Waals surface area contributed by atoms with Crippen LogP contribution in [-0.2, 0) is 6.18 Å². The zero-order chi connectivity index (χ0) is 17.6. The molecule has 0 radical (unpaired) electrons. The topological polar surface area (TPSA) is 63.7 Å². The van der Waals surface area contributed by atoms with Crippen molar-refractivity contribution < 1.29 is 17.9 Å². The number of pyridine rings is 1. The van der Waals surface area contributed by atoms with Gasteiger partial charge in [0.05, 0.1) is 12.1 Å². The fraction of sp³-hybridized carbons (Fsp3) is 0.600. The van der Waals surface area contributed by atoms with Crippen LogP contribution in [0.2, 0.25) is 5.02 Å². The first-order valence-electron chi connectivity index (χ1n) is 7.78. The molecule has 0 aliphatic carbocycles. The molecule has 0 atom stereocenters. The van der Waals surface area contributed by atoms with Crippen molar-refractivity contribution in [3.8, 4) is 5.88 Å². The van der Waals surface area contributed by atoms with E-state index >= 15 is 0 Å². The van der Waals surface area contributed by atoms with Gasteiger partial charge >= 0.3 is 6.18 Å². The van der Waals surface area contributed by atoms with Gasteiger partial charge in [0.2, 0.25) is 5.88 Å². The van der Waals surface area contributed by atoms with E-state index in [1.165, 1.54) is 12.8 Å². The van der Waals surface area contributed by atoms with E-state index in [-0.39, 0.29) is 48.0 Å². The van der Waals surface area contributed by atoms with Crippen molar-refractivity contribution in [2.45, 2.75) is 31.9 Å². The molecule has 2 N–H and O–H groups in total. The highest BCUT2D eigenvalue weighted by Crippen LogP contribution is 2.32. The van der Waals surface area contributed by atoms with Crippen LogP contribution < -0.4 is 10.5 Å². The number of guanidine groups is 1. The molecule has 0 aromatic carbocycles. The maximum Gasteiger partial charge on any atom is 0.417 e. The molecule has 5 nitrogen and oxygen atoms in total. The summed E-state index contributed by atoms with van der Waals surface area (Å²) in [6.45, 7) is 2.19. The van der Waals surface area contributed by atoms with Crippen molar-refractivity contribution in [2.24, 2.45) is 10.7 Å². The molecule has 0 spiro atoms. The molecule has 0 bridgehead atoms. The summed E-state index contributed by atoms with van der Waals surface area (Å²) in [7, 11) is 0. The van der Waals surface area contributed by atoms with Gasteiger partial charge in [-0.25, -0.2) is 9.98 Å². The number of aromatic nitrogens is 1. The Bertz CT molecular complexity index is 578. The highest BCUT2D eigenvalue weighted by Gasteiger charge is 2.31. The third-order valence-electron chi connectivity index (χ3n) is 3.67. The lowest BCUT2D eigenvalue weighted by molar-refractivity contribution is -0.137. The fourth-order valence-corrected chi connectivity index (χ4v) is 2.61. The van der Waals surface area contributed by atoms with E-state index in [2.05, 4.69) is 9.98 Å². The van der Waals surface area contributed by atoms with Crippen molar-refractivity contribution >= 4 is 41.5 Å². The number of likely N-dealkylation sites (tertiary alicyclic amines) is 1. The molecule has 1 fully saturated rings. The summed E-state index contributed by atoms with van der Waals surface area (Å²) < 4.78 is 42.9. The third kappa shape index (κ3) is 7.04. The Morgan fingerprint density at radius 1 is 1.28 bits per heavy atom. The van der Waals surface area contributed by atoms with Gasteiger partial charge < -0.3 is 15.4 Å². The molecule has 2 heterocycles. The molecule has 1 aromatic heterocycles. The summed E-state index contributed by atoms with van der Waals surface area (Å²) in [6, 6.07) is 0.790. The number of hydrogen-bond donors (Lipinski definition) is 1. The highest BCUT2D eigenvalue weighted by atomic mass is 127. The molecule has 0 amide bonds. The Kier molecular flexibility index (Phi) is 9.04. The Morgan fingerprint density at radius 3 is 2.48 bits per heavy atom. The first-order valence-corrected chi connectivity index (χ1v) is 8.16. The summed E-state index contributed by atoms with van der Waals surface area (Å²) in [4.78, 5) is 9.87. The van der Waals surface area contributed by atoms with Gasteiger partial charge in [0.1, 0.15) is 11.6 Å². The minimum absolute atomic E-state index is 0. The van der Waals surface area contributed by atoms with Crippen molar-refractivity contribution in [1.82, 2.24) is 9.88 Å². The van der Waals surface area contributed by atoms with Crippen LogP contribution in [0.1, 0.15) is 31.2 Å². The van der Waals surface area contributed by atoms with E-state index in [0.29, 0.717) is 12.2 Å². The van der Waals surface area contributed by atoms with E-state index in [1.54, 1.807) is 0 Å². The number of aliphatic imine (C=N–C) groups is 1. The number of rotatable bonds is 4. The van der Waals surface area contributed by atoms with Gasteiger partial charge in [-0.05, 0) is 18.9 Å². The second kappa shape index (κ2) is 10.2. The maximum atomic E-state index is 12.5. The standard InChI is InChI=1S/C15H20ClF3N4O.HI/c16-12-9-11(15(17,18)19)10-22-13(12)24-8-5-21-14(20)23-6-3-1-2-4-7-23;/h9-10H,1-8H2,(H2,20,21);1H. The SMILES string of the molecule is I.NC(=NCCOc1ncc(C(F)(F)F)cc1Cl)N1CCCCCC1. The van der Waals surface area contributed by atoms with Crippen molar-refractivity contribution in [3.63, 3.8) is 0 Å². The quantitative estimate of drug-likeness (QED) is 0.299. The first-order chi connectivity index (χ1) is 11.4. The minimum Gasteiger partial charge on any atom is -0.475 e. The normalized spacial score (nSPS) is 16.2. The molecule has 0 saturated carbocycles. The monoisotopic (exact) mass is 492 g/mol. The smallest absolute Gasteiger partial charge is 0.417 e. The number of nitrogens with two attached hydrogens (primary N) is 1. The van der Waals surface area contributed by atoms with Gasteiger partial charge in [0.25, 0.3) is 0 Å². The molecule has 0 unspecified atom stereocenters. The largest absolute Gasteiger partial charge is 0.475 e. The Hall–Kier alpha value is -0.970. The van der Waals surface area contributed by atoms with Gasteiger partial charge in [-0.3, -0.25) is 0 Å². The van der Waals surface area contributed by atoms with Gasteiger partial charge in [-0.1, -0.05) is 24.4 Å². The average Bonchev–Trinajstić information content (AvgIpc) is 2.80. The van der Waals surface area contributed by atoms with Crippen LogP contribution in [0.25, 0.3) is 0 Å². The zero-order valence-electron chi connectivity index (χ0n) is 13.6. The molecule has 142 valence electrons. The lowest BCUT2D eigenvalue weighted by atomic mass is 10.2. The Balaban J connectivity index is 0.00000312. The Labute approximate surface area is 166 Å². The number of hydrogen-bond acceptors (Lipinski definition) is 3. The second-order valence-corrected chi connectivity index (χ2v) is 5.91. The fourth-order valence-electron chi connectivity index (χ4n) is 2.39. The van der Waals surface area contributed by atoms with Gasteiger partial charge in [-0.15, -0.1) is 24.0 Å². The first kappa shape index (κ1) is 22.1. The summed E-state index contributed by atoms with van der Waals surface area (Å²) in [5.74, 6) is 0.417. The minimum atomic E-state index is -4.49. The molecule has 1 aromatic rings. The summed E-state index contributed by atoms with van der Waals surface area (Å²) in [5, 5.41) is -0.186. The highest BCUT2D eigenvalue weighted by molar-refractivity contribution is 14.0. The molecule has 2 rings (SSSR count). The van der Waals surface area contributed by atoms with Gasteiger partial charge in [0.15, 0.2) is 5.96 Å². The zero-order valence-corrected chi connectivity index (χ0v) is 16.6. The molecular weight excluding hydrogens is 472 g/mol. The van der Waals surface area contributed by atoms with Crippen molar-refractivity contribution in [2.75, 3.05) is 26.2 Å². The molecule has 1 saturated heterocycles. The van der Waals surface area contributed by atoms with Crippen molar-refractivity contribution in [3.05, 3.63) is 22.8 Å². The lowest BCUT2D eigenvalue weighted by Crippen LogP contribution is -2.38. The molecule has 10 heteroatoms. The van der Waals surface area contributed by atoms with E-state index in [0.717, 1.165) is 32.0 Å². The van der Waals surface area contributed by atoms with Crippen LogP contribution in [0, 0.1) is 0 Å². The number of halogens is 5. The van der Waals surface area contributed by atoms with E-state index < -0.39 is 11.7 Å². The van der Waals surface area contributed by atoms with Gasteiger partial charge in [-0.2, -0.15) is 13.2 Å². The van der Waals surface area contributed by atoms with Crippen LogP contribution >= 0.6 is 35.6 Å². The van der Waals surface area contributed by atoms with Crippen LogP contribution in [0.4, 0.5) is 13.2 Å². The molecular formula is C15H21ClF3IN4O. The van der Waals surface area contributed by atoms with Crippen LogP contribution in [0.5, 0.6) is 5.88 Å². The second-order valence-electron chi connectivity index (χ2n) is 5.50. The van der Waals surface area contributed by atoms with Crippen molar-refractivity contribution in [1.29, 1.82) is 0 Å². The molecule has 25 heavy (non-hydrogen) atoms. The predicted molar refractivity (Wildman–Crippen MR) is 102 cm³/mol. The number of ether oxygens (including phenoxy) is 1. The maximum absolute atomic E-state index is 12.5. The number of nitrogens with zero attached hydrogens (tertiary/aromatic N) is 3. The average molecular weight is 493 g/mol. The lowest BCUT2D eigenvalue weighted by Gasteiger charge is -2.21.